The first-order chi connectivity index (χ1) is 14.3. The van der Waals surface area contributed by atoms with E-state index in [0.717, 1.165) is 0 Å². The van der Waals surface area contributed by atoms with Crippen LogP contribution in [-0.4, -0.2) is 43.6 Å². The first-order valence-electron chi connectivity index (χ1n) is 9.55. The molecule has 2 saturated carbocycles. The smallest absolute Gasteiger partial charge is 0.336 e. The van der Waals surface area contributed by atoms with Crippen LogP contribution in [0.5, 0.6) is 0 Å². The number of carbonyl (C=O) groups excluding carboxylic acids is 1. The standard InChI is InChI=1S/C19H20F5N3O3S/c20-13-4-3-12(7-14(13)21)16(19(22,23)24)26-15(9-31(29,30)8-11-1-2-11)17(28)27-18(10-25)5-6-18/h3-4,7,11,15-16,26H,1-2,5-6,8-9H2,(H,27,28)/t15-,16-/m0/s1. The molecule has 0 aromatic heterocycles. The molecule has 6 nitrogen and oxygen atoms in total. The maximum atomic E-state index is 13.7. The van der Waals surface area contributed by atoms with Crippen LogP contribution >= 0.6 is 0 Å². The van der Waals surface area contributed by atoms with Gasteiger partial charge in [0.05, 0.1) is 17.6 Å². The van der Waals surface area contributed by atoms with Crippen molar-refractivity contribution in [1.82, 2.24) is 10.6 Å². The molecule has 2 aliphatic carbocycles. The molecule has 2 aliphatic rings. The molecule has 0 heterocycles. The zero-order valence-corrected chi connectivity index (χ0v) is 17.0. The van der Waals surface area contributed by atoms with Crippen LogP contribution in [0, 0.1) is 28.9 Å². The molecule has 0 unspecified atom stereocenters. The Morgan fingerprint density at radius 1 is 1.23 bits per heavy atom. The Labute approximate surface area is 175 Å². The molecule has 0 aliphatic heterocycles. The summed E-state index contributed by atoms with van der Waals surface area (Å²) in [6, 6.07) is -1.08. The van der Waals surface area contributed by atoms with Crippen molar-refractivity contribution in [2.75, 3.05) is 11.5 Å². The average Bonchev–Trinajstić information content (AvgIpc) is 3.58. The number of hydrogen-bond acceptors (Lipinski definition) is 5. The number of alkyl halides is 3. The van der Waals surface area contributed by atoms with E-state index in [9.17, 15) is 35.2 Å². The van der Waals surface area contributed by atoms with Crippen molar-refractivity contribution in [3.8, 4) is 6.07 Å². The zero-order valence-electron chi connectivity index (χ0n) is 16.2. The monoisotopic (exact) mass is 465 g/mol. The van der Waals surface area contributed by atoms with Gasteiger partial charge in [0, 0.05) is 0 Å². The van der Waals surface area contributed by atoms with E-state index in [1.54, 1.807) is 0 Å². The van der Waals surface area contributed by atoms with Crippen molar-refractivity contribution in [1.29, 1.82) is 5.26 Å². The van der Waals surface area contributed by atoms with E-state index in [-0.39, 0.29) is 11.7 Å². The molecular weight excluding hydrogens is 445 g/mol. The van der Waals surface area contributed by atoms with E-state index in [4.69, 9.17) is 5.26 Å². The van der Waals surface area contributed by atoms with Gasteiger partial charge in [0.1, 0.15) is 17.6 Å². The molecule has 2 N–H and O–H groups in total. The number of nitriles is 1. The molecule has 0 spiro atoms. The zero-order chi connectivity index (χ0) is 23.0. The van der Waals surface area contributed by atoms with E-state index in [2.05, 4.69) is 5.32 Å². The van der Waals surface area contributed by atoms with Crippen LogP contribution in [0.3, 0.4) is 0 Å². The van der Waals surface area contributed by atoms with Crippen LogP contribution < -0.4 is 10.6 Å². The Balaban J connectivity index is 1.88. The Hall–Kier alpha value is -2.26. The fourth-order valence-corrected chi connectivity index (χ4v) is 5.09. The van der Waals surface area contributed by atoms with Gasteiger partial charge in [0.25, 0.3) is 0 Å². The number of nitrogens with one attached hydrogen (secondary N) is 2. The van der Waals surface area contributed by atoms with Crippen molar-refractivity contribution in [2.45, 2.75) is 49.5 Å². The highest BCUT2D eigenvalue weighted by Gasteiger charge is 2.48. The molecule has 12 heteroatoms. The van der Waals surface area contributed by atoms with E-state index in [1.165, 1.54) is 0 Å². The summed E-state index contributed by atoms with van der Waals surface area (Å²) < 4.78 is 92.8. The predicted octanol–water partition coefficient (Wildman–Crippen LogP) is 2.52. The second kappa shape index (κ2) is 8.35. The lowest BCUT2D eigenvalue weighted by atomic mass is 10.0. The molecule has 0 saturated heterocycles. The Bertz CT molecular complexity index is 998. The third-order valence-electron chi connectivity index (χ3n) is 5.22. The predicted molar refractivity (Wildman–Crippen MR) is 99.2 cm³/mol. The van der Waals surface area contributed by atoms with E-state index in [0.29, 0.717) is 43.9 Å². The number of benzene rings is 1. The minimum atomic E-state index is -5.05. The number of sulfone groups is 1. The van der Waals surface area contributed by atoms with Gasteiger partial charge in [-0.3, -0.25) is 10.1 Å². The molecule has 1 aromatic rings. The van der Waals surface area contributed by atoms with Gasteiger partial charge in [0.2, 0.25) is 5.91 Å². The lowest BCUT2D eigenvalue weighted by Gasteiger charge is -2.28. The second-order valence-corrected chi connectivity index (χ2v) is 10.2. The molecule has 0 radical (unpaired) electrons. The number of nitrogens with zero attached hydrogens (tertiary/aromatic N) is 1. The van der Waals surface area contributed by atoms with Crippen LogP contribution in [0.1, 0.15) is 37.3 Å². The largest absolute Gasteiger partial charge is 0.407 e. The van der Waals surface area contributed by atoms with Gasteiger partial charge in [-0.05, 0) is 49.3 Å². The van der Waals surface area contributed by atoms with Crippen LogP contribution in [0.2, 0.25) is 0 Å². The summed E-state index contributed by atoms with van der Waals surface area (Å²) in [7, 11) is -3.90. The van der Waals surface area contributed by atoms with Crippen LogP contribution in [0.15, 0.2) is 18.2 Å². The maximum absolute atomic E-state index is 13.7. The highest BCUT2D eigenvalue weighted by molar-refractivity contribution is 7.91. The van der Waals surface area contributed by atoms with Gasteiger partial charge in [-0.25, -0.2) is 17.2 Å². The Morgan fingerprint density at radius 3 is 2.35 bits per heavy atom. The summed E-state index contributed by atoms with van der Waals surface area (Å²) >= 11 is 0. The number of rotatable bonds is 9. The third-order valence-corrected chi connectivity index (χ3v) is 7.04. The Kier molecular flexibility index (Phi) is 6.30. The van der Waals surface area contributed by atoms with Gasteiger partial charge < -0.3 is 5.32 Å². The van der Waals surface area contributed by atoms with Crippen molar-refractivity contribution in [3.05, 3.63) is 35.4 Å². The normalized spacial score (nSPS) is 19.9. The minimum absolute atomic E-state index is 0.0906. The summed E-state index contributed by atoms with van der Waals surface area (Å²) in [6.45, 7) is 0. The van der Waals surface area contributed by atoms with E-state index >= 15 is 0 Å². The quantitative estimate of drug-likeness (QED) is 0.546. The number of hydrogen-bond donors (Lipinski definition) is 2. The number of amides is 1. The SMILES string of the molecule is N#CC1(NC(=O)[C@H](CS(=O)(=O)CC2CC2)N[C@@H](c2ccc(F)c(F)c2)C(F)(F)F)CC1. The molecule has 2 fully saturated rings. The van der Waals surface area contributed by atoms with Crippen molar-refractivity contribution in [3.63, 3.8) is 0 Å². The number of carbonyl (C=O) groups is 1. The molecule has 170 valence electrons. The van der Waals surface area contributed by atoms with Crippen molar-refractivity contribution >= 4 is 15.7 Å². The van der Waals surface area contributed by atoms with Crippen LogP contribution in [0.25, 0.3) is 0 Å². The van der Waals surface area contributed by atoms with Crippen molar-refractivity contribution in [2.24, 2.45) is 5.92 Å². The summed E-state index contributed by atoms with van der Waals surface area (Å²) in [5.74, 6) is -5.22. The summed E-state index contributed by atoms with van der Waals surface area (Å²) in [6.07, 6.45) is -3.09. The summed E-state index contributed by atoms with van der Waals surface area (Å²) in [5, 5.41) is 13.4. The third kappa shape index (κ3) is 6.13. The van der Waals surface area contributed by atoms with Crippen LogP contribution in [-0.2, 0) is 14.6 Å². The molecule has 1 amide bonds. The first-order valence-corrected chi connectivity index (χ1v) is 11.4. The fraction of sp³-hybridized carbons (Fsp3) is 0.579. The first kappa shape index (κ1) is 23.4. The van der Waals surface area contributed by atoms with Gasteiger partial charge >= 0.3 is 6.18 Å². The molecule has 31 heavy (non-hydrogen) atoms. The summed E-state index contributed by atoms with van der Waals surface area (Å²) in [5.41, 5.74) is -1.95. The maximum Gasteiger partial charge on any atom is 0.407 e. The topological polar surface area (TPSA) is 99.1 Å². The second-order valence-electron chi connectivity index (χ2n) is 8.07. The van der Waals surface area contributed by atoms with Crippen LogP contribution in [0.4, 0.5) is 22.0 Å². The minimum Gasteiger partial charge on any atom is -0.336 e. The van der Waals surface area contributed by atoms with Gasteiger partial charge in [0.15, 0.2) is 21.5 Å². The average molecular weight is 465 g/mol. The number of halogens is 5. The molecule has 1 aromatic carbocycles. The Morgan fingerprint density at radius 2 is 1.87 bits per heavy atom. The summed E-state index contributed by atoms with van der Waals surface area (Å²) in [4.78, 5) is 12.7. The lowest BCUT2D eigenvalue weighted by molar-refractivity contribution is -0.160. The lowest BCUT2D eigenvalue weighted by Crippen LogP contribution is -2.54. The highest BCUT2D eigenvalue weighted by Crippen LogP contribution is 2.36. The van der Waals surface area contributed by atoms with Gasteiger partial charge in [-0.2, -0.15) is 18.4 Å². The molecule has 2 atom stereocenters. The van der Waals surface area contributed by atoms with Gasteiger partial charge in [-0.1, -0.05) is 6.07 Å². The fourth-order valence-electron chi connectivity index (χ4n) is 3.15. The van der Waals surface area contributed by atoms with Crippen molar-refractivity contribution < 1.29 is 35.2 Å². The molecule has 0 bridgehead atoms. The van der Waals surface area contributed by atoms with Gasteiger partial charge in [-0.15, -0.1) is 0 Å². The highest BCUT2D eigenvalue weighted by atomic mass is 32.2. The molecule has 3 rings (SSSR count). The van der Waals surface area contributed by atoms with E-state index in [1.807, 2.05) is 11.4 Å². The van der Waals surface area contributed by atoms with E-state index < -0.39 is 62.5 Å². The molecular formula is C19H20F5N3O3S.